The molecule has 2 aliphatic carbocycles. The van der Waals surface area contributed by atoms with Gasteiger partial charge in [-0.15, -0.1) is 0 Å². The molecule has 1 nitrogen and oxygen atoms in total. The Morgan fingerprint density at radius 3 is 2.59 bits per heavy atom. The summed E-state index contributed by atoms with van der Waals surface area (Å²) in [5.74, 6) is 1.32. The minimum Gasteiger partial charge on any atom is -0.385 e. The number of halogens is 1. The van der Waals surface area contributed by atoms with E-state index in [0.29, 0.717) is 11.5 Å². The highest BCUT2D eigenvalue weighted by Crippen LogP contribution is 2.54. The van der Waals surface area contributed by atoms with E-state index in [1.165, 1.54) is 25.3 Å². The smallest absolute Gasteiger partial charge is 0.129 e. The molecule has 1 aromatic carbocycles. The standard InChI is InChI=1S/C15H19FO/c1-15(17,12-4-2-3-5-14(12)16)13-9-10-6-7-11(13)8-10/h2-5,10-11,13,17H,6-9H2,1H3. The van der Waals surface area contributed by atoms with Crippen molar-refractivity contribution in [3.05, 3.63) is 35.6 Å². The van der Waals surface area contributed by atoms with Crippen LogP contribution in [-0.2, 0) is 5.60 Å². The summed E-state index contributed by atoms with van der Waals surface area (Å²) in [7, 11) is 0. The number of hydrogen-bond acceptors (Lipinski definition) is 1. The molecule has 1 aromatic rings. The van der Waals surface area contributed by atoms with Crippen LogP contribution in [0.25, 0.3) is 0 Å². The fourth-order valence-corrected chi connectivity index (χ4v) is 4.00. The van der Waals surface area contributed by atoms with Gasteiger partial charge in [0.15, 0.2) is 0 Å². The highest BCUT2D eigenvalue weighted by Gasteiger charge is 2.48. The Hall–Kier alpha value is -0.890. The summed E-state index contributed by atoms with van der Waals surface area (Å²) in [6, 6.07) is 6.65. The fourth-order valence-electron chi connectivity index (χ4n) is 4.00. The third-order valence-corrected chi connectivity index (χ3v) is 4.88. The van der Waals surface area contributed by atoms with Gasteiger partial charge in [0.2, 0.25) is 0 Å². The van der Waals surface area contributed by atoms with E-state index in [-0.39, 0.29) is 11.7 Å². The quantitative estimate of drug-likeness (QED) is 0.830. The van der Waals surface area contributed by atoms with Crippen molar-refractivity contribution in [3.63, 3.8) is 0 Å². The van der Waals surface area contributed by atoms with E-state index < -0.39 is 5.60 Å². The van der Waals surface area contributed by atoms with Gasteiger partial charge in [-0.3, -0.25) is 0 Å². The molecule has 2 heteroatoms. The molecule has 0 heterocycles. The predicted octanol–water partition coefficient (Wildman–Crippen LogP) is 3.47. The lowest BCUT2D eigenvalue weighted by Gasteiger charge is -2.36. The summed E-state index contributed by atoms with van der Waals surface area (Å²) in [5.41, 5.74) is -0.539. The third-order valence-electron chi connectivity index (χ3n) is 4.88. The second-order valence-electron chi connectivity index (χ2n) is 5.91. The fraction of sp³-hybridized carbons (Fsp3) is 0.600. The lowest BCUT2D eigenvalue weighted by atomic mass is 9.73. The van der Waals surface area contributed by atoms with Crippen LogP contribution >= 0.6 is 0 Å². The highest BCUT2D eigenvalue weighted by molar-refractivity contribution is 5.25. The van der Waals surface area contributed by atoms with Gasteiger partial charge in [-0.25, -0.2) is 4.39 Å². The van der Waals surface area contributed by atoms with Crippen molar-refractivity contribution in [2.45, 2.75) is 38.2 Å². The van der Waals surface area contributed by atoms with E-state index in [0.717, 1.165) is 12.3 Å². The van der Waals surface area contributed by atoms with Crippen molar-refractivity contribution in [1.82, 2.24) is 0 Å². The molecule has 92 valence electrons. The Labute approximate surface area is 102 Å². The van der Waals surface area contributed by atoms with Gasteiger partial charge in [-0.05, 0) is 50.0 Å². The SMILES string of the molecule is CC(O)(c1ccccc1F)C1CC2CCC1C2. The molecule has 2 aliphatic rings. The molecule has 0 aliphatic heterocycles. The largest absolute Gasteiger partial charge is 0.385 e. The normalized spacial score (nSPS) is 34.9. The molecule has 17 heavy (non-hydrogen) atoms. The van der Waals surface area contributed by atoms with Crippen LogP contribution in [0, 0.1) is 23.6 Å². The molecule has 4 atom stereocenters. The van der Waals surface area contributed by atoms with Gasteiger partial charge in [0.05, 0.1) is 5.60 Å². The molecule has 0 saturated heterocycles. The summed E-state index contributed by atoms with van der Waals surface area (Å²) in [4.78, 5) is 0. The zero-order valence-electron chi connectivity index (χ0n) is 10.2. The van der Waals surface area contributed by atoms with Crippen LogP contribution in [0.4, 0.5) is 4.39 Å². The molecular formula is C15H19FO. The van der Waals surface area contributed by atoms with E-state index in [2.05, 4.69) is 0 Å². The van der Waals surface area contributed by atoms with Gasteiger partial charge in [-0.2, -0.15) is 0 Å². The molecule has 0 aromatic heterocycles. The first-order valence-electron chi connectivity index (χ1n) is 6.56. The Balaban J connectivity index is 1.93. The Morgan fingerprint density at radius 1 is 1.24 bits per heavy atom. The number of hydrogen-bond donors (Lipinski definition) is 1. The Kier molecular flexibility index (Phi) is 2.51. The Bertz CT molecular complexity index is 427. The Morgan fingerprint density at radius 2 is 2.00 bits per heavy atom. The molecule has 2 bridgehead atoms. The molecule has 0 amide bonds. The van der Waals surface area contributed by atoms with Gasteiger partial charge >= 0.3 is 0 Å². The van der Waals surface area contributed by atoms with E-state index in [1.807, 2.05) is 0 Å². The third kappa shape index (κ3) is 1.70. The molecule has 3 rings (SSSR count). The van der Waals surface area contributed by atoms with Gasteiger partial charge in [0, 0.05) is 5.56 Å². The van der Waals surface area contributed by atoms with Crippen LogP contribution in [0.15, 0.2) is 24.3 Å². The second-order valence-corrected chi connectivity index (χ2v) is 5.91. The maximum absolute atomic E-state index is 13.8. The van der Waals surface area contributed by atoms with Gasteiger partial charge in [-0.1, -0.05) is 24.6 Å². The number of aliphatic hydroxyl groups is 1. The summed E-state index contributed by atoms with van der Waals surface area (Å²) < 4.78 is 13.8. The van der Waals surface area contributed by atoms with Crippen LogP contribution in [0.2, 0.25) is 0 Å². The van der Waals surface area contributed by atoms with Crippen molar-refractivity contribution in [2.24, 2.45) is 17.8 Å². The topological polar surface area (TPSA) is 20.2 Å². The van der Waals surface area contributed by atoms with Crippen LogP contribution in [-0.4, -0.2) is 5.11 Å². The molecular weight excluding hydrogens is 215 g/mol. The summed E-state index contributed by atoms with van der Waals surface area (Å²) in [5, 5.41) is 10.7. The highest BCUT2D eigenvalue weighted by atomic mass is 19.1. The van der Waals surface area contributed by atoms with Crippen LogP contribution in [0.3, 0.4) is 0 Å². The first kappa shape index (κ1) is 11.2. The number of fused-ring (bicyclic) bond motifs is 2. The summed E-state index contributed by atoms with van der Waals surface area (Å²) in [6.45, 7) is 1.79. The minimum absolute atomic E-state index is 0.234. The average Bonchev–Trinajstić information content (AvgIpc) is 2.91. The first-order valence-corrected chi connectivity index (χ1v) is 6.56. The van der Waals surface area contributed by atoms with Gasteiger partial charge in [0.25, 0.3) is 0 Å². The lowest BCUT2D eigenvalue weighted by molar-refractivity contribution is -0.0323. The van der Waals surface area contributed by atoms with Crippen LogP contribution in [0.5, 0.6) is 0 Å². The second kappa shape index (κ2) is 3.81. The van der Waals surface area contributed by atoms with Crippen molar-refractivity contribution in [2.75, 3.05) is 0 Å². The maximum Gasteiger partial charge on any atom is 0.129 e. The van der Waals surface area contributed by atoms with E-state index in [1.54, 1.807) is 25.1 Å². The van der Waals surface area contributed by atoms with Crippen LogP contribution < -0.4 is 0 Å². The zero-order valence-corrected chi connectivity index (χ0v) is 10.2. The average molecular weight is 234 g/mol. The van der Waals surface area contributed by atoms with Gasteiger partial charge in [0.1, 0.15) is 5.82 Å². The molecule has 4 unspecified atom stereocenters. The molecule has 0 radical (unpaired) electrons. The maximum atomic E-state index is 13.8. The van der Waals surface area contributed by atoms with Crippen molar-refractivity contribution in [3.8, 4) is 0 Å². The molecule has 2 saturated carbocycles. The lowest BCUT2D eigenvalue weighted by Crippen LogP contribution is -2.36. The van der Waals surface area contributed by atoms with E-state index in [4.69, 9.17) is 0 Å². The predicted molar refractivity (Wildman–Crippen MR) is 64.9 cm³/mol. The summed E-state index contributed by atoms with van der Waals surface area (Å²) in [6.07, 6.45) is 4.80. The molecule has 0 spiro atoms. The van der Waals surface area contributed by atoms with Crippen molar-refractivity contribution in [1.29, 1.82) is 0 Å². The van der Waals surface area contributed by atoms with Crippen molar-refractivity contribution >= 4 is 0 Å². The van der Waals surface area contributed by atoms with E-state index >= 15 is 0 Å². The summed E-state index contributed by atoms with van der Waals surface area (Å²) >= 11 is 0. The number of benzene rings is 1. The van der Waals surface area contributed by atoms with Crippen molar-refractivity contribution < 1.29 is 9.50 Å². The zero-order chi connectivity index (χ0) is 12.0. The monoisotopic (exact) mass is 234 g/mol. The van der Waals surface area contributed by atoms with Crippen LogP contribution in [0.1, 0.15) is 38.2 Å². The van der Waals surface area contributed by atoms with Gasteiger partial charge < -0.3 is 5.11 Å². The molecule has 2 fully saturated rings. The first-order chi connectivity index (χ1) is 8.09. The molecule has 1 N–H and O–H groups in total. The van der Waals surface area contributed by atoms with E-state index in [9.17, 15) is 9.50 Å². The number of rotatable bonds is 2. The minimum atomic E-state index is -1.01.